The van der Waals surface area contributed by atoms with Crippen molar-refractivity contribution in [3.63, 3.8) is 0 Å². The van der Waals surface area contributed by atoms with Crippen molar-refractivity contribution in [2.45, 2.75) is 12.7 Å². The van der Waals surface area contributed by atoms with Crippen LogP contribution in [-0.2, 0) is 12.7 Å². The first-order chi connectivity index (χ1) is 9.86. The van der Waals surface area contributed by atoms with Gasteiger partial charge in [-0.2, -0.15) is 13.2 Å². The average molecular weight is 405 g/mol. The van der Waals surface area contributed by atoms with Crippen LogP contribution in [0.2, 0.25) is 0 Å². The summed E-state index contributed by atoms with van der Waals surface area (Å²) in [6.07, 6.45) is -4.38. The quantitative estimate of drug-likeness (QED) is 0.761. The lowest BCUT2D eigenvalue weighted by Gasteiger charge is -2.09. The fourth-order valence-corrected chi connectivity index (χ4v) is 2.31. The van der Waals surface area contributed by atoms with Crippen LogP contribution in [-0.4, -0.2) is 5.91 Å². The molecule has 0 aromatic heterocycles. The molecular formula is C15H11F3INO. The SMILES string of the molecule is O=C(NCc1cccc(C(F)(F)F)c1)c1cccc(I)c1. The van der Waals surface area contributed by atoms with Gasteiger partial charge < -0.3 is 5.32 Å². The highest BCUT2D eigenvalue weighted by atomic mass is 127. The largest absolute Gasteiger partial charge is 0.416 e. The topological polar surface area (TPSA) is 29.1 Å². The van der Waals surface area contributed by atoms with Gasteiger partial charge >= 0.3 is 6.18 Å². The van der Waals surface area contributed by atoms with Crippen LogP contribution in [0.5, 0.6) is 0 Å². The lowest BCUT2D eigenvalue weighted by Crippen LogP contribution is -2.23. The van der Waals surface area contributed by atoms with Crippen molar-refractivity contribution in [3.8, 4) is 0 Å². The Balaban J connectivity index is 2.05. The highest BCUT2D eigenvalue weighted by molar-refractivity contribution is 14.1. The van der Waals surface area contributed by atoms with Gasteiger partial charge in [-0.05, 0) is 58.5 Å². The van der Waals surface area contributed by atoms with Gasteiger partial charge in [0.15, 0.2) is 0 Å². The maximum Gasteiger partial charge on any atom is 0.416 e. The third-order valence-electron chi connectivity index (χ3n) is 2.79. The molecular weight excluding hydrogens is 394 g/mol. The number of amides is 1. The van der Waals surface area contributed by atoms with Gasteiger partial charge in [0.25, 0.3) is 5.91 Å². The van der Waals surface area contributed by atoms with Gasteiger partial charge in [-0.15, -0.1) is 0 Å². The lowest BCUT2D eigenvalue weighted by atomic mass is 10.1. The summed E-state index contributed by atoms with van der Waals surface area (Å²) < 4.78 is 38.7. The maximum absolute atomic E-state index is 12.6. The minimum absolute atomic E-state index is 0.0498. The zero-order valence-corrected chi connectivity index (χ0v) is 12.9. The van der Waals surface area contributed by atoms with Crippen molar-refractivity contribution in [3.05, 3.63) is 68.8 Å². The zero-order chi connectivity index (χ0) is 15.5. The molecule has 2 aromatic rings. The number of nitrogens with one attached hydrogen (secondary N) is 1. The summed E-state index contributed by atoms with van der Waals surface area (Å²) in [7, 11) is 0. The van der Waals surface area contributed by atoms with Crippen LogP contribution >= 0.6 is 22.6 Å². The Morgan fingerprint density at radius 3 is 2.48 bits per heavy atom. The molecule has 110 valence electrons. The minimum atomic E-state index is -4.38. The van der Waals surface area contributed by atoms with Gasteiger partial charge in [-0.1, -0.05) is 18.2 Å². The number of carbonyl (C=O) groups excluding carboxylic acids is 1. The number of rotatable bonds is 3. The second-order valence-electron chi connectivity index (χ2n) is 4.39. The maximum atomic E-state index is 12.6. The molecule has 0 fully saturated rings. The molecule has 21 heavy (non-hydrogen) atoms. The molecule has 0 spiro atoms. The Bertz CT molecular complexity index is 655. The van der Waals surface area contributed by atoms with Crippen molar-refractivity contribution < 1.29 is 18.0 Å². The fourth-order valence-electron chi connectivity index (χ4n) is 1.77. The minimum Gasteiger partial charge on any atom is -0.348 e. The summed E-state index contributed by atoms with van der Waals surface area (Å²) in [5.41, 5.74) is 0.168. The van der Waals surface area contributed by atoms with Crippen LogP contribution in [0.1, 0.15) is 21.5 Å². The first-order valence-electron chi connectivity index (χ1n) is 6.06. The molecule has 6 heteroatoms. The molecule has 1 amide bonds. The number of hydrogen-bond acceptors (Lipinski definition) is 1. The standard InChI is InChI=1S/C15H11F3INO/c16-15(17,18)12-5-1-3-10(7-12)9-20-14(21)11-4-2-6-13(19)8-11/h1-8H,9H2,(H,20,21). The number of benzene rings is 2. The van der Waals surface area contributed by atoms with E-state index in [0.29, 0.717) is 11.1 Å². The first-order valence-corrected chi connectivity index (χ1v) is 7.14. The highest BCUT2D eigenvalue weighted by Gasteiger charge is 2.30. The molecule has 0 aliphatic carbocycles. The fraction of sp³-hybridized carbons (Fsp3) is 0.133. The van der Waals surface area contributed by atoms with Gasteiger partial charge in [0.05, 0.1) is 5.56 Å². The third-order valence-corrected chi connectivity index (χ3v) is 3.47. The molecule has 0 aliphatic rings. The normalized spacial score (nSPS) is 11.2. The van der Waals surface area contributed by atoms with Crippen LogP contribution in [0.3, 0.4) is 0 Å². The van der Waals surface area contributed by atoms with Gasteiger partial charge in [0, 0.05) is 15.7 Å². The summed E-state index contributed by atoms with van der Waals surface area (Å²) >= 11 is 2.09. The number of halogens is 4. The Morgan fingerprint density at radius 2 is 1.81 bits per heavy atom. The molecule has 0 unspecified atom stereocenters. The Kier molecular flexibility index (Phi) is 4.87. The molecule has 0 saturated carbocycles. The Morgan fingerprint density at radius 1 is 1.10 bits per heavy atom. The Labute approximate surface area is 133 Å². The second-order valence-corrected chi connectivity index (χ2v) is 5.64. The predicted octanol–water partition coefficient (Wildman–Crippen LogP) is 4.24. The van der Waals surface area contributed by atoms with E-state index in [2.05, 4.69) is 27.9 Å². The Hall–Kier alpha value is -1.57. The molecule has 0 radical (unpaired) electrons. The monoisotopic (exact) mass is 405 g/mol. The van der Waals surface area contributed by atoms with E-state index in [0.717, 1.165) is 15.7 Å². The zero-order valence-electron chi connectivity index (χ0n) is 10.7. The first kappa shape index (κ1) is 15.8. The van der Waals surface area contributed by atoms with Gasteiger partial charge in [-0.3, -0.25) is 4.79 Å². The molecule has 0 bridgehead atoms. The summed E-state index contributed by atoms with van der Waals surface area (Å²) in [6, 6.07) is 11.9. The van der Waals surface area contributed by atoms with Crippen LogP contribution in [0.15, 0.2) is 48.5 Å². The van der Waals surface area contributed by atoms with E-state index in [9.17, 15) is 18.0 Å². The van der Waals surface area contributed by atoms with Gasteiger partial charge in [0.2, 0.25) is 0 Å². The summed E-state index contributed by atoms with van der Waals surface area (Å²) in [5, 5.41) is 2.61. The average Bonchev–Trinajstić information content (AvgIpc) is 2.44. The van der Waals surface area contributed by atoms with Crippen molar-refractivity contribution in [2.75, 3.05) is 0 Å². The van der Waals surface area contributed by atoms with E-state index < -0.39 is 11.7 Å². The van der Waals surface area contributed by atoms with E-state index in [-0.39, 0.29) is 12.5 Å². The van der Waals surface area contributed by atoms with Crippen molar-refractivity contribution in [1.82, 2.24) is 5.32 Å². The lowest BCUT2D eigenvalue weighted by molar-refractivity contribution is -0.137. The number of alkyl halides is 3. The van der Waals surface area contributed by atoms with E-state index in [1.165, 1.54) is 6.07 Å². The van der Waals surface area contributed by atoms with Crippen LogP contribution in [0, 0.1) is 3.57 Å². The molecule has 2 nitrogen and oxygen atoms in total. The van der Waals surface area contributed by atoms with Crippen LogP contribution in [0.4, 0.5) is 13.2 Å². The molecule has 0 atom stereocenters. The second kappa shape index (κ2) is 6.46. The van der Waals surface area contributed by atoms with Gasteiger partial charge in [-0.25, -0.2) is 0 Å². The smallest absolute Gasteiger partial charge is 0.348 e. The summed E-state index contributed by atoms with van der Waals surface area (Å²) in [6.45, 7) is 0.0498. The molecule has 0 saturated heterocycles. The van der Waals surface area contributed by atoms with Crippen molar-refractivity contribution in [1.29, 1.82) is 0 Å². The van der Waals surface area contributed by atoms with Crippen molar-refractivity contribution >= 4 is 28.5 Å². The number of hydrogen-bond donors (Lipinski definition) is 1. The van der Waals surface area contributed by atoms with E-state index in [1.807, 2.05) is 6.07 Å². The molecule has 1 N–H and O–H groups in total. The van der Waals surface area contributed by atoms with Gasteiger partial charge in [0.1, 0.15) is 0 Å². The van der Waals surface area contributed by atoms with Crippen LogP contribution < -0.4 is 5.32 Å². The van der Waals surface area contributed by atoms with E-state index in [4.69, 9.17) is 0 Å². The number of carbonyl (C=O) groups is 1. The molecule has 0 heterocycles. The highest BCUT2D eigenvalue weighted by Crippen LogP contribution is 2.29. The third kappa shape index (κ3) is 4.45. The van der Waals surface area contributed by atoms with E-state index >= 15 is 0 Å². The summed E-state index contributed by atoms with van der Waals surface area (Å²) in [4.78, 5) is 11.9. The van der Waals surface area contributed by atoms with E-state index in [1.54, 1.807) is 24.3 Å². The molecule has 2 aromatic carbocycles. The summed E-state index contributed by atoms with van der Waals surface area (Å²) in [5.74, 6) is -0.314. The van der Waals surface area contributed by atoms with Crippen LogP contribution in [0.25, 0.3) is 0 Å². The molecule has 0 aliphatic heterocycles. The molecule has 2 rings (SSSR count). The van der Waals surface area contributed by atoms with Crippen molar-refractivity contribution in [2.24, 2.45) is 0 Å². The predicted molar refractivity (Wildman–Crippen MR) is 81.8 cm³/mol.